The van der Waals surface area contributed by atoms with E-state index in [-0.39, 0.29) is 0 Å². The van der Waals surface area contributed by atoms with Crippen LogP contribution in [0.15, 0.2) is 0 Å². The monoisotopic (exact) mass is 429 g/mol. The van der Waals surface area contributed by atoms with E-state index in [1.54, 1.807) is 0 Å². The fourth-order valence-corrected chi connectivity index (χ4v) is 2.36. The van der Waals surface area contributed by atoms with Gasteiger partial charge >= 0.3 is 36.0 Å². The Labute approximate surface area is 161 Å². The zero-order chi connectivity index (χ0) is 22.5. The molecule has 14 heteroatoms. The summed E-state index contributed by atoms with van der Waals surface area (Å²) in [5.74, 6) is -6.54. The Morgan fingerprint density at radius 1 is 0.724 bits per heavy atom. The van der Waals surface area contributed by atoms with Crippen molar-refractivity contribution in [2.45, 2.75) is 64.7 Å². The van der Waals surface area contributed by atoms with E-state index < -0.39 is 66.8 Å². The van der Waals surface area contributed by atoms with Gasteiger partial charge in [-0.05, 0) is 0 Å². The lowest BCUT2D eigenvalue weighted by molar-refractivity contribution is -0.314. The third-order valence-electron chi connectivity index (χ3n) is 3.23. The molecule has 0 bridgehead atoms. The summed E-state index contributed by atoms with van der Waals surface area (Å²) >= 11 is 0. The Hall–Kier alpha value is -2.90. The number of nitrogens with one attached hydrogen (secondary N) is 1. The van der Waals surface area contributed by atoms with Crippen molar-refractivity contribution in [2.75, 3.05) is 0 Å². The first kappa shape index (κ1) is 24.1. The molecule has 29 heavy (non-hydrogen) atoms. The molecule has 5 atom stereocenters. The number of carbonyl (C=O) groups is 5. The number of hydrogen-bond acceptors (Lipinski definition) is 10. The number of amides is 1. The highest BCUT2D eigenvalue weighted by Gasteiger charge is 2.55. The number of esters is 4. The van der Waals surface area contributed by atoms with Crippen LogP contribution in [0.25, 0.3) is 0 Å². The molecular weight excluding hydrogens is 411 g/mol. The SMILES string of the molecule is CC(=O)O[C@H]1O[C@H](OC(C)=O)[C@@H](OC(C)=O)[C@H](OC(C)=O)[C@H]1NC(=O)C(F)(F)F. The van der Waals surface area contributed by atoms with Gasteiger partial charge in [-0.1, -0.05) is 0 Å². The predicted molar refractivity (Wildman–Crippen MR) is 81.3 cm³/mol. The fourth-order valence-electron chi connectivity index (χ4n) is 2.36. The van der Waals surface area contributed by atoms with E-state index in [1.807, 2.05) is 0 Å². The van der Waals surface area contributed by atoms with E-state index in [0.717, 1.165) is 27.7 Å². The van der Waals surface area contributed by atoms with E-state index in [0.29, 0.717) is 0 Å². The molecule has 11 nitrogen and oxygen atoms in total. The van der Waals surface area contributed by atoms with Gasteiger partial charge in [-0.15, -0.1) is 0 Å². The molecule has 1 heterocycles. The Kier molecular flexibility index (Phi) is 7.94. The van der Waals surface area contributed by atoms with Gasteiger partial charge in [0.25, 0.3) is 0 Å². The normalized spacial score (nSPS) is 26.7. The second kappa shape index (κ2) is 9.54. The third-order valence-corrected chi connectivity index (χ3v) is 3.23. The molecule has 1 N–H and O–H groups in total. The number of alkyl halides is 3. The maximum absolute atomic E-state index is 12.7. The third kappa shape index (κ3) is 7.21. The second-order valence-corrected chi connectivity index (χ2v) is 5.74. The summed E-state index contributed by atoms with van der Waals surface area (Å²) in [6.45, 7) is 3.61. The van der Waals surface area contributed by atoms with Crippen molar-refractivity contribution < 1.29 is 60.8 Å². The number of rotatable bonds is 5. The first-order valence-corrected chi connectivity index (χ1v) is 7.94. The van der Waals surface area contributed by atoms with Crippen LogP contribution in [-0.4, -0.2) is 66.8 Å². The van der Waals surface area contributed by atoms with Crippen LogP contribution in [0.2, 0.25) is 0 Å². The quantitative estimate of drug-likeness (QED) is 0.457. The summed E-state index contributed by atoms with van der Waals surface area (Å²) in [6, 6.07) is -1.96. The van der Waals surface area contributed by atoms with Crippen molar-refractivity contribution in [3.8, 4) is 0 Å². The maximum Gasteiger partial charge on any atom is 0.471 e. The first-order chi connectivity index (χ1) is 13.2. The lowest BCUT2D eigenvalue weighted by Gasteiger charge is -2.43. The van der Waals surface area contributed by atoms with Gasteiger partial charge in [-0.3, -0.25) is 28.7 Å². The van der Waals surface area contributed by atoms with Crippen molar-refractivity contribution in [1.82, 2.24) is 5.32 Å². The standard InChI is InChI=1S/C15H18F3NO10/c1-5(20)25-10-9(19-14(24)15(16,17)18)12(27-7(3)22)29-13(28-8(4)23)11(10)26-6(2)21/h9-13H,1-4H3,(H,19,24)/t9-,10-,11+,12+,13+/m1/s1. The van der Waals surface area contributed by atoms with Gasteiger partial charge in [0.05, 0.1) is 0 Å². The summed E-state index contributed by atoms with van der Waals surface area (Å²) in [6.07, 6.45) is -12.8. The molecule has 1 aliphatic rings. The van der Waals surface area contributed by atoms with Crippen LogP contribution in [0, 0.1) is 0 Å². The lowest BCUT2D eigenvalue weighted by atomic mass is 10.00. The summed E-state index contributed by atoms with van der Waals surface area (Å²) in [7, 11) is 0. The number of ether oxygens (including phenoxy) is 5. The number of hydrogen-bond donors (Lipinski definition) is 1. The van der Waals surface area contributed by atoms with Crippen LogP contribution in [0.4, 0.5) is 13.2 Å². The van der Waals surface area contributed by atoms with Gasteiger partial charge in [0, 0.05) is 27.7 Å². The van der Waals surface area contributed by atoms with E-state index in [4.69, 9.17) is 23.7 Å². The highest BCUT2D eigenvalue weighted by molar-refractivity contribution is 5.82. The van der Waals surface area contributed by atoms with Gasteiger partial charge in [0.1, 0.15) is 6.04 Å². The minimum Gasteiger partial charge on any atom is -0.456 e. The van der Waals surface area contributed by atoms with Gasteiger partial charge in [0.2, 0.25) is 18.7 Å². The molecule has 1 fully saturated rings. The van der Waals surface area contributed by atoms with E-state index in [2.05, 4.69) is 0 Å². The van der Waals surface area contributed by atoms with Gasteiger partial charge in [-0.25, -0.2) is 0 Å². The lowest BCUT2D eigenvalue weighted by Crippen LogP contribution is -2.67. The molecule has 0 aromatic heterocycles. The van der Waals surface area contributed by atoms with Crippen molar-refractivity contribution in [3.63, 3.8) is 0 Å². The molecule has 1 aliphatic heterocycles. The largest absolute Gasteiger partial charge is 0.471 e. The first-order valence-electron chi connectivity index (χ1n) is 7.94. The minimum absolute atomic E-state index is 0.880. The van der Waals surface area contributed by atoms with Crippen molar-refractivity contribution in [3.05, 3.63) is 0 Å². The topological polar surface area (TPSA) is 144 Å². The number of halogens is 3. The molecule has 0 unspecified atom stereocenters. The summed E-state index contributed by atoms with van der Waals surface area (Å²) in [4.78, 5) is 56.9. The second-order valence-electron chi connectivity index (χ2n) is 5.74. The van der Waals surface area contributed by atoms with Crippen molar-refractivity contribution in [2.24, 2.45) is 0 Å². The van der Waals surface area contributed by atoms with E-state index in [9.17, 15) is 37.1 Å². The molecule has 164 valence electrons. The molecule has 1 saturated heterocycles. The minimum atomic E-state index is -5.36. The fraction of sp³-hybridized carbons (Fsp3) is 0.667. The zero-order valence-corrected chi connectivity index (χ0v) is 15.6. The van der Waals surface area contributed by atoms with Gasteiger partial charge in [0.15, 0.2) is 6.10 Å². The van der Waals surface area contributed by atoms with Crippen molar-refractivity contribution >= 4 is 29.8 Å². The Morgan fingerprint density at radius 2 is 1.14 bits per heavy atom. The molecule has 1 amide bonds. The molecule has 0 spiro atoms. The average Bonchev–Trinajstić information content (AvgIpc) is 2.51. The maximum atomic E-state index is 12.7. The van der Waals surface area contributed by atoms with E-state index >= 15 is 0 Å². The van der Waals surface area contributed by atoms with Crippen LogP contribution in [-0.2, 0) is 47.7 Å². The smallest absolute Gasteiger partial charge is 0.456 e. The molecule has 0 saturated carbocycles. The van der Waals surface area contributed by atoms with Gasteiger partial charge < -0.3 is 24.3 Å². The highest BCUT2D eigenvalue weighted by atomic mass is 19.4. The molecular formula is C15H18F3NO10. The number of carbonyl (C=O) groups excluding carboxylic acids is 5. The summed E-state index contributed by atoms with van der Waals surface area (Å²) in [5, 5.41) is 1.47. The summed E-state index contributed by atoms with van der Waals surface area (Å²) in [5.41, 5.74) is 0. The summed E-state index contributed by atoms with van der Waals surface area (Å²) < 4.78 is 62.6. The van der Waals surface area contributed by atoms with Crippen LogP contribution >= 0.6 is 0 Å². The molecule has 0 radical (unpaired) electrons. The zero-order valence-electron chi connectivity index (χ0n) is 15.6. The predicted octanol–water partition coefficient (Wildman–Crippen LogP) is -0.294. The highest BCUT2D eigenvalue weighted by Crippen LogP contribution is 2.29. The van der Waals surface area contributed by atoms with Crippen molar-refractivity contribution in [1.29, 1.82) is 0 Å². The molecule has 0 aliphatic carbocycles. The average molecular weight is 429 g/mol. The van der Waals surface area contributed by atoms with Gasteiger partial charge in [-0.2, -0.15) is 13.2 Å². The van der Waals surface area contributed by atoms with Crippen LogP contribution in [0.5, 0.6) is 0 Å². The Morgan fingerprint density at radius 3 is 1.55 bits per heavy atom. The van der Waals surface area contributed by atoms with Crippen LogP contribution in [0.3, 0.4) is 0 Å². The molecule has 1 rings (SSSR count). The van der Waals surface area contributed by atoms with Crippen LogP contribution < -0.4 is 5.32 Å². The van der Waals surface area contributed by atoms with Crippen LogP contribution in [0.1, 0.15) is 27.7 Å². The van der Waals surface area contributed by atoms with E-state index in [1.165, 1.54) is 5.32 Å². The Balaban J connectivity index is 3.41. The molecule has 0 aromatic carbocycles. The molecule has 0 aromatic rings. The Bertz CT molecular complexity index is 680.